The van der Waals surface area contributed by atoms with Crippen LogP contribution in [0.2, 0.25) is 0 Å². The molecule has 1 N–H and O–H groups in total. The Morgan fingerprint density at radius 2 is 1.95 bits per heavy atom. The van der Waals surface area contributed by atoms with E-state index in [0.29, 0.717) is 10.4 Å². The molecule has 1 aromatic heterocycles. The molecule has 1 heterocycles. The van der Waals surface area contributed by atoms with Crippen LogP contribution in [0.4, 0.5) is 5.69 Å². The van der Waals surface area contributed by atoms with Crippen LogP contribution in [0.3, 0.4) is 0 Å². The summed E-state index contributed by atoms with van der Waals surface area (Å²) < 4.78 is 4.73. The summed E-state index contributed by atoms with van der Waals surface area (Å²) in [6.07, 6.45) is 1.90. The van der Waals surface area contributed by atoms with E-state index in [9.17, 15) is 9.59 Å². The van der Waals surface area contributed by atoms with Crippen molar-refractivity contribution in [3.8, 4) is 0 Å². The maximum absolute atomic E-state index is 12.2. The van der Waals surface area contributed by atoms with Gasteiger partial charge in [-0.15, -0.1) is 0 Å². The summed E-state index contributed by atoms with van der Waals surface area (Å²) in [6, 6.07) is 10.8. The molecule has 0 fully saturated rings. The van der Waals surface area contributed by atoms with E-state index in [4.69, 9.17) is 4.74 Å². The molecule has 20 heavy (non-hydrogen) atoms. The number of benzene rings is 1. The highest BCUT2D eigenvalue weighted by Gasteiger charge is 2.27. The quantitative estimate of drug-likeness (QED) is 0.532. The van der Waals surface area contributed by atoms with Crippen molar-refractivity contribution in [1.29, 1.82) is 0 Å². The van der Waals surface area contributed by atoms with Gasteiger partial charge in [-0.2, -0.15) is 0 Å². The Morgan fingerprint density at radius 1 is 1.25 bits per heavy atom. The highest BCUT2D eigenvalue weighted by atomic mass is 33.1. The molecule has 1 unspecified atom stereocenters. The van der Waals surface area contributed by atoms with Crippen LogP contribution in [0.5, 0.6) is 0 Å². The number of ether oxygens (including phenoxy) is 1. The van der Waals surface area contributed by atoms with Crippen molar-refractivity contribution in [2.75, 3.05) is 18.7 Å². The number of methoxy groups -OCH3 is 1. The Kier molecular flexibility index (Phi) is 4.81. The van der Waals surface area contributed by atoms with E-state index in [2.05, 4.69) is 5.32 Å². The molecule has 0 radical (unpaired) electrons. The van der Waals surface area contributed by atoms with Crippen LogP contribution in [-0.4, -0.2) is 25.2 Å². The van der Waals surface area contributed by atoms with E-state index in [1.165, 1.54) is 17.9 Å². The lowest BCUT2D eigenvalue weighted by atomic mass is 10.2. The Balaban J connectivity index is 2.22. The summed E-state index contributed by atoms with van der Waals surface area (Å²) in [5.41, 5.74) is 1.22. The Morgan fingerprint density at radius 3 is 2.55 bits per heavy atom. The van der Waals surface area contributed by atoms with E-state index >= 15 is 0 Å². The Labute approximate surface area is 123 Å². The van der Waals surface area contributed by atoms with Crippen LogP contribution in [0.25, 0.3) is 0 Å². The summed E-state index contributed by atoms with van der Waals surface area (Å²) in [6.45, 7) is 0. The molecule has 2 rings (SSSR count). The Bertz CT molecular complexity index is 623. The number of para-hydroxylation sites is 1. The molecule has 0 bridgehead atoms. The van der Waals surface area contributed by atoms with E-state index in [1.54, 1.807) is 11.4 Å². The number of anilines is 1. The molecule has 0 spiro atoms. The van der Waals surface area contributed by atoms with Gasteiger partial charge in [-0.25, -0.2) is 4.79 Å². The molecule has 1 amide bonds. The van der Waals surface area contributed by atoms with E-state index in [0.717, 1.165) is 5.69 Å². The molecular formula is C14H14NO3S2+. The minimum absolute atomic E-state index is 0.221. The number of hydrogen-bond acceptors (Lipinski definition) is 4. The van der Waals surface area contributed by atoms with Gasteiger partial charge < -0.3 is 10.1 Å². The average Bonchev–Trinajstić information content (AvgIpc) is 2.92. The number of rotatable bonds is 4. The number of carbonyl (C=O) groups excluding carboxylic acids is 2. The maximum atomic E-state index is 12.2. The summed E-state index contributed by atoms with van der Waals surface area (Å²) in [5, 5.41) is 4.60. The first-order valence-corrected chi connectivity index (χ1v) is 8.84. The van der Waals surface area contributed by atoms with Gasteiger partial charge in [-0.05, 0) is 12.1 Å². The van der Waals surface area contributed by atoms with Gasteiger partial charge in [0, 0.05) is 18.0 Å². The standard InChI is InChI=1S/C14H13NO3S2/c1-18-14(17)12-8-10(9-20(12)19-2)13(16)15-11-6-4-3-5-7-11/h3-9H,1-2H3/p+1. The third-order valence-corrected chi connectivity index (χ3v) is 6.05. The van der Waals surface area contributed by atoms with Crippen molar-refractivity contribution in [1.82, 2.24) is 0 Å². The first-order chi connectivity index (χ1) is 9.65. The van der Waals surface area contributed by atoms with Crippen molar-refractivity contribution in [3.63, 3.8) is 0 Å². The van der Waals surface area contributed by atoms with Crippen molar-refractivity contribution in [3.05, 3.63) is 52.2 Å². The third-order valence-electron chi connectivity index (χ3n) is 2.60. The van der Waals surface area contributed by atoms with Gasteiger partial charge in [0.1, 0.15) is 10.8 Å². The molecule has 0 saturated heterocycles. The molecule has 104 valence electrons. The van der Waals surface area contributed by atoms with Gasteiger partial charge in [0.05, 0.1) is 22.2 Å². The number of carbonyl (C=O) groups is 2. The summed E-state index contributed by atoms with van der Waals surface area (Å²) in [4.78, 5) is 24.3. The molecule has 0 saturated carbocycles. The first kappa shape index (κ1) is 14.6. The predicted molar refractivity (Wildman–Crippen MR) is 83.6 cm³/mol. The van der Waals surface area contributed by atoms with Crippen molar-refractivity contribution in [2.24, 2.45) is 0 Å². The highest BCUT2D eigenvalue weighted by molar-refractivity contribution is 8.45. The normalized spacial score (nSPS) is 11.0. The fraction of sp³-hybridized carbons (Fsp3) is 0.143. The van der Waals surface area contributed by atoms with Gasteiger partial charge in [0.2, 0.25) is 0 Å². The van der Waals surface area contributed by atoms with Crippen LogP contribution >= 0.6 is 20.3 Å². The minimum atomic E-state index is -0.430. The predicted octanol–water partition coefficient (Wildman–Crippen LogP) is 3.60. The van der Waals surface area contributed by atoms with Gasteiger partial charge in [0.25, 0.3) is 10.8 Å². The number of thiophene rings is 1. The molecule has 0 aliphatic rings. The first-order valence-electron chi connectivity index (χ1n) is 5.81. The fourth-order valence-corrected chi connectivity index (χ4v) is 4.42. The number of hydrogen-bond donors (Lipinski definition) is 1. The lowest BCUT2D eigenvalue weighted by Crippen LogP contribution is -2.10. The number of esters is 1. The van der Waals surface area contributed by atoms with Crippen molar-refractivity contribution < 1.29 is 14.3 Å². The zero-order valence-corrected chi connectivity index (χ0v) is 12.7. The molecule has 4 nitrogen and oxygen atoms in total. The Hall–Kier alpha value is -1.79. The molecule has 0 aliphatic heterocycles. The van der Waals surface area contributed by atoms with Crippen LogP contribution in [0, 0.1) is 0 Å². The average molecular weight is 308 g/mol. The minimum Gasteiger partial charge on any atom is -0.462 e. The molecule has 1 aromatic carbocycles. The van der Waals surface area contributed by atoms with Crippen LogP contribution in [0.1, 0.15) is 20.0 Å². The lowest BCUT2D eigenvalue weighted by molar-refractivity contribution is 0.0606. The fourth-order valence-electron chi connectivity index (χ4n) is 1.64. The van der Waals surface area contributed by atoms with Gasteiger partial charge in [-0.3, -0.25) is 4.79 Å². The highest BCUT2D eigenvalue weighted by Crippen LogP contribution is 2.37. The van der Waals surface area contributed by atoms with Crippen molar-refractivity contribution >= 4 is 37.9 Å². The van der Waals surface area contributed by atoms with E-state index in [1.807, 2.05) is 36.6 Å². The lowest BCUT2D eigenvalue weighted by Gasteiger charge is -2.01. The summed E-state index contributed by atoms with van der Waals surface area (Å²) in [5.74, 6) is -0.608. The molecular weight excluding hydrogens is 294 g/mol. The molecule has 2 aromatic rings. The maximum Gasteiger partial charge on any atom is 0.392 e. The number of amides is 1. The largest absolute Gasteiger partial charge is 0.462 e. The van der Waals surface area contributed by atoms with Crippen molar-refractivity contribution in [2.45, 2.75) is 0 Å². The SMILES string of the molecule is COC(=O)c1cc(C(=O)Nc2ccccc2)c[s+]1SC. The summed E-state index contributed by atoms with van der Waals surface area (Å²) >= 11 is 0. The second-order valence-corrected chi connectivity index (χ2v) is 7.54. The van der Waals surface area contributed by atoms with Crippen LogP contribution < -0.4 is 5.32 Å². The van der Waals surface area contributed by atoms with Gasteiger partial charge >= 0.3 is 5.97 Å². The smallest absolute Gasteiger partial charge is 0.392 e. The molecule has 0 aliphatic carbocycles. The third kappa shape index (κ3) is 3.20. The second kappa shape index (κ2) is 6.58. The van der Waals surface area contributed by atoms with Crippen LogP contribution in [-0.2, 0) is 4.74 Å². The van der Waals surface area contributed by atoms with Crippen LogP contribution in [0.15, 0.2) is 41.8 Å². The summed E-state index contributed by atoms with van der Waals surface area (Å²) in [7, 11) is 2.42. The molecule has 6 heteroatoms. The van der Waals surface area contributed by atoms with E-state index in [-0.39, 0.29) is 11.9 Å². The number of nitrogens with one attached hydrogen (secondary N) is 1. The zero-order chi connectivity index (χ0) is 14.5. The topological polar surface area (TPSA) is 55.4 Å². The monoisotopic (exact) mass is 308 g/mol. The van der Waals surface area contributed by atoms with Gasteiger partial charge in [0.15, 0.2) is 5.38 Å². The van der Waals surface area contributed by atoms with E-state index < -0.39 is 9.50 Å². The van der Waals surface area contributed by atoms with Gasteiger partial charge in [-0.1, -0.05) is 18.2 Å². The molecule has 1 atom stereocenters. The zero-order valence-electron chi connectivity index (χ0n) is 11.1. The second-order valence-electron chi connectivity index (χ2n) is 3.86.